The minimum atomic E-state index is -0.775. The van der Waals surface area contributed by atoms with Crippen LogP contribution in [0.15, 0.2) is 18.2 Å². The van der Waals surface area contributed by atoms with E-state index in [-0.39, 0.29) is 5.54 Å². The summed E-state index contributed by atoms with van der Waals surface area (Å²) in [7, 11) is 0. The second-order valence-electron chi connectivity index (χ2n) is 6.08. The molecule has 0 amide bonds. The Morgan fingerprint density at radius 3 is 2.48 bits per heavy atom. The SMILES string of the molecule is CCC1CNC(CC)(CC)CN1Cc1ccc(F)c(F)c1. The molecule has 1 aromatic carbocycles. The lowest BCUT2D eigenvalue weighted by molar-refractivity contribution is 0.0642. The minimum Gasteiger partial charge on any atom is -0.308 e. The minimum absolute atomic E-state index is 0.143. The van der Waals surface area contributed by atoms with Crippen molar-refractivity contribution in [1.29, 1.82) is 0 Å². The third-order valence-corrected chi connectivity index (χ3v) is 4.93. The summed E-state index contributed by atoms with van der Waals surface area (Å²) in [6.07, 6.45) is 3.21. The molecule has 0 spiro atoms. The molecular formula is C17H26F2N2. The predicted molar refractivity (Wildman–Crippen MR) is 82.2 cm³/mol. The first-order valence-electron chi connectivity index (χ1n) is 7.96. The Kier molecular flexibility index (Phi) is 5.33. The van der Waals surface area contributed by atoms with Crippen molar-refractivity contribution < 1.29 is 8.78 Å². The first-order chi connectivity index (χ1) is 10.0. The molecule has 1 saturated heterocycles. The first-order valence-corrected chi connectivity index (χ1v) is 7.96. The van der Waals surface area contributed by atoms with Crippen LogP contribution in [-0.2, 0) is 6.54 Å². The summed E-state index contributed by atoms with van der Waals surface area (Å²) in [5, 5.41) is 3.69. The van der Waals surface area contributed by atoms with E-state index in [9.17, 15) is 8.78 Å². The number of rotatable bonds is 5. The van der Waals surface area contributed by atoms with Gasteiger partial charge in [0.15, 0.2) is 11.6 Å². The fourth-order valence-corrected chi connectivity index (χ4v) is 3.22. The average molecular weight is 296 g/mol. The van der Waals surface area contributed by atoms with Gasteiger partial charge < -0.3 is 5.32 Å². The Labute approximate surface area is 126 Å². The number of nitrogens with one attached hydrogen (secondary N) is 1. The van der Waals surface area contributed by atoms with Gasteiger partial charge in [-0.2, -0.15) is 0 Å². The number of nitrogens with zero attached hydrogens (tertiary/aromatic N) is 1. The number of hydrogen-bond acceptors (Lipinski definition) is 2. The van der Waals surface area contributed by atoms with E-state index < -0.39 is 11.6 Å². The molecule has 2 rings (SSSR count). The lowest BCUT2D eigenvalue weighted by Crippen LogP contribution is -2.63. The van der Waals surface area contributed by atoms with Gasteiger partial charge in [-0.05, 0) is 37.0 Å². The maximum atomic E-state index is 13.4. The quantitative estimate of drug-likeness (QED) is 0.891. The van der Waals surface area contributed by atoms with Crippen molar-refractivity contribution in [1.82, 2.24) is 10.2 Å². The molecule has 1 atom stereocenters. The molecule has 2 nitrogen and oxygen atoms in total. The molecule has 1 aliphatic heterocycles. The van der Waals surface area contributed by atoms with Gasteiger partial charge in [0.05, 0.1) is 0 Å². The molecule has 0 aromatic heterocycles. The normalized spacial score (nSPS) is 22.4. The second kappa shape index (κ2) is 6.84. The summed E-state index contributed by atoms with van der Waals surface area (Å²) in [6.45, 7) is 9.19. The van der Waals surface area contributed by atoms with Crippen LogP contribution < -0.4 is 5.32 Å². The summed E-state index contributed by atoms with van der Waals surface area (Å²) in [5.41, 5.74) is 0.986. The summed E-state index contributed by atoms with van der Waals surface area (Å²) < 4.78 is 26.4. The van der Waals surface area contributed by atoms with Gasteiger partial charge in [-0.3, -0.25) is 4.90 Å². The maximum Gasteiger partial charge on any atom is 0.159 e. The second-order valence-corrected chi connectivity index (χ2v) is 6.08. The van der Waals surface area contributed by atoms with Gasteiger partial charge in [0, 0.05) is 31.2 Å². The molecule has 21 heavy (non-hydrogen) atoms. The van der Waals surface area contributed by atoms with E-state index in [1.54, 1.807) is 6.07 Å². The zero-order chi connectivity index (χ0) is 15.5. The Morgan fingerprint density at radius 1 is 1.19 bits per heavy atom. The third-order valence-electron chi connectivity index (χ3n) is 4.93. The molecule has 1 unspecified atom stereocenters. The van der Waals surface area contributed by atoms with E-state index in [2.05, 4.69) is 31.0 Å². The molecule has 1 fully saturated rings. The van der Waals surface area contributed by atoms with Crippen LogP contribution in [0.25, 0.3) is 0 Å². The fourth-order valence-electron chi connectivity index (χ4n) is 3.22. The topological polar surface area (TPSA) is 15.3 Å². The highest BCUT2D eigenvalue weighted by atomic mass is 19.2. The zero-order valence-electron chi connectivity index (χ0n) is 13.3. The van der Waals surface area contributed by atoms with Crippen molar-refractivity contribution in [2.45, 2.75) is 58.2 Å². The molecule has 0 bridgehead atoms. The molecule has 0 aliphatic carbocycles. The maximum absolute atomic E-state index is 13.4. The Balaban J connectivity index is 2.15. The molecule has 0 saturated carbocycles. The lowest BCUT2D eigenvalue weighted by Gasteiger charge is -2.47. The smallest absolute Gasteiger partial charge is 0.159 e. The first kappa shape index (κ1) is 16.4. The van der Waals surface area contributed by atoms with E-state index in [1.807, 2.05) is 0 Å². The van der Waals surface area contributed by atoms with Crippen molar-refractivity contribution in [2.75, 3.05) is 13.1 Å². The van der Waals surface area contributed by atoms with Gasteiger partial charge >= 0.3 is 0 Å². The van der Waals surface area contributed by atoms with Crippen molar-refractivity contribution in [3.8, 4) is 0 Å². The highest BCUT2D eigenvalue weighted by molar-refractivity contribution is 5.18. The van der Waals surface area contributed by atoms with E-state index in [0.29, 0.717) is 12.6 Å². The van der Waals surface area contributed by atoms with Crippen LogP contribution in [0.2, 0.25) is 0 Å². The van der Waals surface area contributed by atoms with Crippen LogP contribution in [0, 0.1) is 11.6 Å². The summed E-state index contributed by atoms with van der Waals surface area (Å²) in [4.78, 5) is 2.41. The molecule has 0 radical (unpaired) electrons. The van der Waals surface area contributed by atoms with E-state index in [1.165, 1.54) is 12.1 Å². The van der Waals surface area contributed by atoms with E-state index >= 15 is 0 Å². The van der Waals surface area contributed by atoms with E-state index in [0.717, 1.165) is 37.9 Å². The van der Waals surface area contributed by atoms with Crippen LogP contribution in [0.1, 0.15) is 45.6 Å². The van der Waals surface area contributed by atoms with Crippen LogP contribution in [0.4, 0.5) is 8.78 Å². The average Bonchev–Trinajstić information content (AvgIpc) is 2.51. The Morgan fingerprint density at radius 2 is 1.90 bits per heavy atom. The highest BCUT2D eigenvalue weighted by Crippen LogP contribution is 2.25. The largest absolute Gasteiger partial charge is 0.308 e. The summed E-state index contributed by atoms with van der Waals surface area (Å²) in [5.74, 6) is -1.53. The third kappa shape index (κ3) is 3.61. The van der Waals surface area contributed by atoms with Gasteiger partial charge in [-0.15, -0.1) is 0 Å². The van der Waals surface area contributed by atoms with Crippen molar-refractivity contribution in [3.63, 3.8) is 0 Å². The monoisotopic (exact) mass is 296 g/mol. The van der Waals surface area contributed by atoms with Crippen LogP contribution >= 0.6 is 0 Å². The van der Waals surface area contributed by atoms with Crippen molar-refractivity contribution in [2.24, 2.45) is 0 Å². The molecule has 1 aromatic rings. The molecule has 118 valence electrons. The Hall–Kier alpha value is -1.00. The zero-order valence-corrected chi connectivity index (χ0v) is 13.3. The predicted octanol–water partition coefficient (Wildman–Crippen LogP) is 3.71. The summed E-state index contributed by atoms with van der Waals surface area (Å²) in [6, 6.07) is 4.68. The van der Waals surface area contributed by atoms with Crippen molar-refractivity contribution >= 4 is 0 Å². The molecular weight excluding hydrogens is 270 g/mol. The standard InChI is InChI=1S/C17H26F2N2/c1-4-14-10-20-17(5-2,6-3)12-21(14)11-13-7-8-15(18)16(19)9-13/h7-9,14,20H,4-6,10-12H2,1-3H3. The molecule has 1 aliphatic rings. The van der Waals surface area contributed by atoms with Gasteiger partial charge in [-0.1, -0.05) is 26.8 Å². The summed E-state index contributed by atoms with van der Waals surface area (Å²) >= 11 is 0. The lowest BCUT2D eigenvalue weighted by atomic mass is 9.88. The fraction of sp³-hybridized carbons (Fsp3) is 0.647. The van der Waals surface area contributed by atoms with Crippen LogP contribution in [-0.4, -0.2) is 29.6 Å². The number of benzene rings is 1. The Bertz CT molecular complexity index is 472. The van der Waals surface area contributed by atoms with E-state index in [4.69, 9.17) is 0 Å². The van der Waals surface area contributed by atoms with Gasteiger partial charge in [-0.25, -0.2) is 8.78 Å². The number of hydrogen-bond donors (Lipinski definition) is 1. The van der Waals surface area contributed by atoms with Gasteiger partial charge in [0.2, 0.25) is 0 Å². The van der Waals surface area contributed by atoms with Gasteiger partial charge in [0.25, 0.3) is 0 Å². The number of halogens is 2. The van der Waals surface area contributed by atoms with Crippen molar-refractivity contribution in [3.05, 3.63) is 35.4 Å². The van der Waals surface area contributed by atoms with Crippen LogP contribution in [0.5, 0.6) is 0 Å². The molecule has 4 heteroatoms. The van der Waals surface area contributed by atoms with Gasteiger partial charge in [0.1, 0.15) is 0 Å². The molecule has 1 heterocycles. The molecule has 1 N–H and O–H groups in total. The highest BCUT2D eigenvalue weighted by Gasteiger charge is 2.35. The number of piperazine rings is 1. The van der Waals surface area contributed by atoms with Crippen LogP contribution in [0.3, 0.4) is 0 Å².